The van der Waals surface area contributed by atoms with E-state index in [0.29, 0.717) is 16.9 Å². The van der Waals surface area contributed by atoms with E-state index in [1.165, 1.54) is 12.1 Å². The number of esters is 1. The number of hydrogen-bond acceptors (Lipinski definition) is 4. The van der Waals surface area contributed by atoms with E-state index in [0.717, 1.165) is 0 Å². The number of carbonyl (C=O) groups excluding carboxylic acids is 1. The molecule has 0 unspecified atom stereocenters. The number of carbonyl (C=O) groups is 1. The summed E-state index contributed by atoms with van der Waals surface area (Å²) in [6, 6.07) is 3.48. The quantitative estimate of drug-likeness (QED) is 0.798. The number of aromatic nitrogens is 2. The van der Waals surface area contributed by atoms with Crippen LogP contribution in [0.2, 0.25) is 0 Å². The Hall–Kier alpha value is -1.95. The van der Waals surface area contributed by atoms with Gasteiger partial charge in [-0.3, -0.25) is 4.79 Å². The number of halogens is 1. The number of nitrogens with one attached hydrogen (secondary N) is 1. The number of nitrogens with two attached hydrogens (primary N) is 1. The highest BCUT2D eigenvalue weighted by molar-refractivity contribution is 5.77. The third-order valence-electron chi connectivity index (χ3n) is 2.50. The number of aromatic amines is 1. The average Bonchev–Trinajstić information content (AvgIpc) is 2.70. The Balaban J connectivity index is 2.14. The normalized spacial score (nSPS) is 12.6. The number of benzene rings is 1. The zero-order chi connectivity index (χ0) is 13.1. The summed E-state index contributed by atoms with van der Waals surface area (Å²) in [5.41, 5.74) is 6.90. The van der Waals surface area contributed by atoms with Crippen LogP contribution < -0.4 is 5.73 Å². The number of rotatable bonds is 4. The topological polar surface area (TPSA) is 81.0 Å². The van der Waals surface area contributed by atoms with Gasteiger partial charge in [0.05, 0.1) is 17.6 Å². The molecule has 6 heteroatoms. The van der Waals surface area contributed by atoms with Crippen LogP contribution >= 0.6 is 0 Å². The molecule has 1 aromatic carbocycles. The lowest BCUT2D eigenvalue weighted by Crippen LogP contribution is -2.34. The van der Waals surface area contributed by atoms with Gasteiger partial charge in [0.2, 0.25) is 0 Å². The molecule has 0 saturated heterocycles. The molecule has 0 spiro atoms. The molecule has 96 valence electrons. The van der Waals surface area contributed by atoms with Crippen molar-refractivity contribution in [3.63, 3.8) is 0 Å². The molecule has 1 atom stereocenters. The first-order chi connectivity index (χ1) is 8.60. The van der Waals surface area contributed by atoms with Crippen LogP contribution in [-0.2, 0) is 16.0 Å². The largest absolute Gasteiger partial charge is 0.465 e. The monoisotopic (exact) mass is 251 g/mol. The second-order valence-corrected chi connectivity index (χ2v) is 3.91. The Morgan fingerprint density at radius 2 is 2.39 bits per heavy atom. The van der Waals surface area contributed by atoms with E-state index in [9.17, 15) is 9.18 Å². The molecule has 18 heavy (non-hydrogen) atoms. The maximum Gasteiger partial charge on any atom is 0.323 e. The minimum Gasteiger partial charge on any atom is -0.465 e. The number of H-pyrrole nitrogens is 1. The number of nitrogens with zero attached hydrogens (tertiary/aromatic N) is 1. The minimum atomic E-state index is -0.768. The summed E-state index contributed by atoms with van der Waals surface area (Å²) >= 11 is 0. The summed E-state index contributed by atoms with van der Waals surface area (Å²) in [7, 11) is 0. The Morgan fingerprint density at radius 3 is 3.11 bits per heavy atom. The number of ether oxygens (including phenoxy) is 1. The van der Waals surface area contributed by atoms with Crippen molar-refractivity contribution in [1.29, 1.82) is 0 Å². The van der Waals surface area contributed by atoms with Gasteiger partial charge in [-0.2, -0.15) is 0 Å². The Morgan fingerprint density at radius 1 is 1.61 bits per heavy atom. The summed E-state index contributed by atoms with van der Waals surface area (Å²) in [6.07, 6.45) is 0.231. The molecule has 5 nitrogen and oxygen atoms in total. The summed E-state index contributed by atoms with van der Waals surface area (Å²) in [5.74, 6) is -0.271. The highest BCUT2D eigenvalue weighted by atomic mass is 19.1. The lowest BCUT2D eigenvalue weighted by molar-refractivity contribution is -0.144. The lowest BCUT2D eigenvalue weighted by Gasteiger charge is -2.08. The molecule has 0 radical (unpaired) electrons. The van der Waals surface area contributed by atoms with Crippen LogP contribution in [0.25, 0.3) is 11.0 Å². The summed E-state index contributed by atoms with van der Waals surface area (Å²) in [6.45, 7) is 2.01. The van der Waals surface area contributed by atoms with Crippen molar-refractivity contribution in [2.45, 2.75) is 19.4 Å². The van der Waals surface area contributed by atoms with Crippen molar-refractivity contribution >= 4 is 17.0 Å². The van der Waals surface area contributed by atoms with Crippen molar-refractivity contribution < 1.29 is 13.9 Å². The first-order valence-electron chi connectivity index (χ1n) is 5.66. The van der Waals surface area contributed by atoms with Crippen LogP contribution in [0.5, 0.6) is 0 Å². The van der Waals surface area contributed by atoms with Gasteiger partial charge < -0.3 is 15.5 Å². The molecule has 2 aromatic rings. The van der Waals surface area contributed by atoms with Crippen molar-refractivity contribution in [2.75, 3.05) is 6.61 Å². The number of fused-ring (bicyclic) bond motifs is 1. The molecule has 0 amide bonds. The van der Waals surface area contributed by atoms with E-state index in [1.54, 1.807) is 13.0 Å². The van der Waals surface area contributed by atoms with Gasteiger partial charge in [0, 0.05) is 6.42 Å². The Labute approximate surface area is 103 Å². The molecule has 0 saturated carbocycles. The van der Waals surface area contributed by atoms with Gasteiger partial charge in [0.25, 0.3) is 0 Å². The fourth-order valence-electron chi connectivity index (χ4n) is 1.67. The van der Waals surface area contributed by atoms with Crippen LogP contribution in [0.4, 0.5) is 4.39 Å². The van der Waals surface area contributed by atoms with Gasteiger partial charge in [-0.25, -0.2) is 9.37 Å². The minimum absolute atomic E-state index is 0.231. The third-order valence-corrected chi connectivity index (χ3v) is 2.50. The van der Waals surface area contributed by atoms with E-state index >= 15 is 0 Å². The highest BCUT2D eigenvalue weighted by Crippen LogP contribution is 2.13. The molecule has 0 aliphatic rings. The lowest BCUT2D eigenvalue weighted by atomic mass is 10.2. The van der Waals surface area contributed by atoms with Crippen LogP contribution in [0.1, 0.15) is 12.7 Å². The molecule has 1 heterocycles. The van der Waals surface area contributed by atoms with Crippen molar-refractivity contribution in [3.8, 4) is 0 Å². The average molecular weight is 251 g/mol. The first kappa shape index (κ1) is 12.5. The molecule has 2 rings (SSSR count). The molecule has 1 aromatic heterocycles. The third kappa shape index (κ3) is 2.65. The molecular formula is C12H14FN3O2. The van der Waals surface area contributed by atoms with Gasteiger partial charge in [0.15, 0.2) is 0 Å². The zero-order valence-corrected chi connectivity index (χ0v) is 9.94. The summed E-state index contributed by atoms with van der Waals surface area (Å²) in [4.78, 5) is 18.5. The zero-order valence-electron chi connectivity index (χ0n) is 9.94. The fourth-order valence-corrected chi connectivity index (χ4v) is 1.67. The van der Waals surface area contributed by atoms with Crippen molar-refractivity contribution in [2.24, 2.45) is 5.73 Å². The number of imidazole rings is 1. The van der Waals surface area contributed by atoms with Crippen LogP contribution in [0, 0.1) is 5.82 Å². The van der Waals surface area contributed by atoms with Gasteiger partial charge in [0.1, 0.15) is 17.7 Å². The van der Waals surface area contributed by atoms with Gasteiger partial charge in [-0.15, -0.1) is 0 Å². The first-order valence-corrected chi connectivity index (χ1v) is 5.66. The molecule has 0 aliphatic heterocycles. The second kappa shape index (κ2) is 5.14. The molecule has 3 N–H and O–H groups in total. The van der Waals surface area contributed by atoms with Crippen LogP contribution in [0.3, 0.4) is 0 Å². The van der Waals surface area contributed by atoms with Gasteiger partial charge in [-0.1, -0.05) is 0 Å². The standard InChI is InChI=1S/C12H14FN3O2/c1-2-18-12(17)8(14)6-11-15-9-4-3-7(13)5-10(9)16-11/h3-5,8H,2,6,14H2,1H3,(H,15,16)/t8-/m1/s1. The Kier molecular flexibility index (Phi) is 3.57. The van der Waals surface area contributed by atoms with Crippen molar-refractivity contribution in [3.05, 3.63) is 29.8 Å². The van der Waals surface area contributed by atoms with Crippen molar-refractivity contribution in [1.82, 2.24) is 9.97 Å². The number of hydrogen-bond donors (Lipinski definition) is 2. The van der Waals surface area contributed by atoms with E-state index in [4.69, 9.17) is 10.5 Å². The molecule has 0 fully saturated rings. The van der Waals surface area contributed by atoms with Gasteiger partial charge in [-0.05, 0) is 25.1 Å². The maximum absolute atomic E-state index is 13.0. The Bertz CT molecular complexity index is 567. The van der Waals surface area contributed by atoms with E-state index in [-0.39, 0.29) is 18.8 Å². The smallest absolute Gasteiger partial charge is 0.323 e. The predicted octanol–water partition coefficient (Wildman–Crippen LogP) is 1.13. The van der Waals surface area contributed by atoms with E-state index in [2.05, 4.69) is 9.97 Å². The maximum atomic E-state index is 13.0. The summed E-state index contributed by atoms with van der Waals surface area (Å²) in [5, 5.41) is 0. The molecule has 0 bridgehead atoms. The highest BCUT2D eigenvalue weighted by Gasteiger charge is 2.17. The molecule has 0 aliphatic carbocycles. The SMILES string of the molecule is CCOC(=O)[C@H](N)Cc1nc2ccc(F)cc2[nH]1. The van der Waals surface area contributed by atoms with Crippen LogP contribution in [0.15, 0.2) is 18.2 Å². The summed E-state index contributed by atoms with van der Waals surface area (Å²) < 4.78 is 17.8. The van der Waals surface area contributed by atoms with Gasteiger partial charge >= 0.3 is 5.97 Å². The molecular weight excluding hydrogens is 237 g/mol. The van der Waals surface area contributed by atoms with E-state index < -0.39 is 12.0 Å². The van der Waals surface area contributed by atoms with E-state index in [1.807, 2.05) is 0 Å². The second-order valence-electron chi connectivity index (χ2n) is 3.91. The predicted molar refractivity (Wildman–Crippen MR) is 64.4 cm³/mol. The fraction of sp³-hybridized carbons (Fsp3) is 0.333. The van der Waals surface area contributed by atoms with Crippen LogP contribution in [-0.4, -0.2) is 28.6 Å².